The van der Waals surface area contributed by atoms with Crippen LogP contribution in [0.25, 0.3) is 12.2 Å². The topological polar surface area (TPSA) is 38.9 Å². The molecular weight excluding hydrogens is 325 g/mol. The van der Waals surface area contributed by atoms with E-state index in [0.29, 0.717) is 10.4 Å². The number of aryl methyl sites for hydroxylation is 1. The Morgan fingerprint density at radius 3 is 2.58 bits per heavy atom. The molecule has 0 bridgehead atoms. The molecule has 1 heterocycles. The van der Waals surface area contributed by atoms with Gasteiger partial charge in [-0.15, -0.1) is 0 Å². The molecule has 0 saturated heterocycles. The molecule has 0 aliphatic rings. The highest BCUT2D eigenvalue weighted by atomic mass is 79.9. The monoisotopic (exact) mass is 332 g/mol. The fraction of sp³-hybridized carbons (Fsp3) is 0.167. The van der Waals surface area contributed by atoms with Gasteiger partial charge in [-0.25, -0.2) is 0 Å². The van der Waals surface area contributed by atoms with E-state index >= 15 is 0 Å². The Labute approximate surface area is 115 Å². The van der Waals surface area contributed by atoms with Crippen LogP contribution in [0.3, 0.4) is 0 Å². The Kier molecular flexibility index (Phi) is 3.75. The summed E-state index contributed by atoms with van der Waals surface area (Å²) in [6.07, 6.45) is -1.74. The van der Waals surface area contributed by atoms with E-state index in [1.54, 1.807) is 6.92 Å². The molecule has 1 aromatic heterocycles. The van der Waals surface area contributed by atoms with Gasteiger partial charge in [0.05, 0.1) is 5.56 Å². The van der Waals surface area contributed by atoms with Crippen molar-refractivity contribution in [1.29, 1.82) is 0 Å². The van der Waals surface area contributed by atoms with Gasteiger partial charge in [0.25, 0.3) is 0 Å². The molecule has 1 aromatic carbocycles. The molecule has 19 heavy (non-hydrogen) atoms. The van der Waals surface area contributed by atoms with E-state index < -0.39 is 11.7 Å². The summed E-state index contributed by atoms with van der Waals surface area (Å²) < 4.78 is 43.7. The number of alkyl halides is 3. The number of rotatable bonds is 2. The van der Waals surface area contributed by atoms with Gasteiger partial charge in [-0.2, -0.15) is 18.2 Å². The maximum Gasteiger partial charge on any atom is 0.417 e. The van der Waals surface area contributed by atoms with Crippen LogP contribution in [0, 0.1) is 6.92 Å². The second-order valence-electron chi connectivity index (χ2n) is 3.73. The van der Waals surface area contributed by atoms with Crippen LogP contribution < -0.4 is 0 Å². The number of hydrogen-bond donors (Lipinski definition) is 0. The molecule has 0 radical (unpaired) electrons. The molecule has 0 amide bonds. The first-order valence-electron chi connectivity index (χ1n) is 5.21. The summed E-state index contributed by atoms with van der Waals surface area (Å²) in [4.78, 5) is 3.88. The lowest BCUT2D eigenvalue weighted by Gasteiger charge is -2.10. The van der Waals surface area contributed by atoms with Crippen LogP contribution in [0.5, 0.6) is 0 Å². The Hall–Kier alpha value is -1.63. The van der Waals surface area contributed by atoms with Crippen LogP contribution in [-0.2, 0) is 6.18 Å². The zero-order valence-electron chi connectivity index (χ0n) is 9.70. The van der Waals surface area contributed by atoms with Crippen LogP contribution in [0.2, 0.25) is 0 Å². The van der Waals surface area contributed by atoms with Crippen molar-refractivity contribution < 1.29 is 17.7 Å². The molecule has 0 unspecified atom stereocenters. The minimum absolute atomic E-state index is 0.0400. The maximum absolute atomic E-state index is 12.9. The minimum Gasteiger partial charge on any atom is -0.339 e. The molecular formula is C12H8BrF3N2O. The lowest BCUT2D eigenvalue weighted by atomic mass is 10.1. The summed E-state index contributed by atoms with van der Waals surface area (Å²) in [6.45, 7) is 1.60. The van der Waals surface area contributed by atoms with E-state index in [0.717, 1.165) is 6.07 Å². The highest BCUT2D eigenvalue weighted by molar-refractivity contribution is 9.10. The predicted molar refractivity (Wildman–Crippen MR) is 67.1 cm³/mol. The van der Waals surface area contributed by atoms with Gasteiger partial charge in [-0.05, 0) is 23.8 Å². The Morgan fingerprint density at radius 1 is 1.26 bits per heavy atom. The fourth-order valence-corrected chi connectivity index (χ4v) is 1.83. The molecule has 100 valence electrons. The van der Waals surface area contributed by atoms with Crippen LogP contribution in [0.1, 0.15) is 22.8 Å². The molecule has 0 aliphatic heterocycles. The van der Waals surface area contributed by atoms with Crippen molar-refractivity contribution in [3.63, 3.8) is 0 Å². The van der Waals surface area contributed by atoms with Gasteiger partial charge >= 0.3 is 6.18 Å². The summed E-state index contributed by atoms with van der Waals surface area (Å²) in [5, 5.41) is 3.58. The Balaban J connectivity index is 2.37. The van der Waals surface area contributed by atoms with Gasteiger partial charge in [0.15, 0.2) is 5.82 Å². The molecule has 0 fully saturated rings. The van der Waals surface area contributed by atoms with E-state index in [1.165, 1.54) is 24.3 Å². The number of nitrogens with zero attached hydrogens (tertiary/aromatic N) is 2. The zero-order valence-corrected chi connectivity index (χ0v) is 11.3. The van der Waals surface area contributed by atoms with Crippen molar-refractivity contribution in [2.45, 2.75) is 13.1 Å². The molecule has 2 rings (SSSR count). The van der Waals surface area contributed by atoms with Crippen molar-refractivity contribution in [3.8, 4) is 0 Å². The molecule has 0 N–H and O–H groups in total. The number of benzene rings is 1. The van der Waals surface area contributed by atoms with Crippen LogP contribution >= 0.6 is 15.9 Å². The molecule has 0 saturated carbocycles. The largest absolute Gasteiger partial charge is 0.417 e. The Morgan fingerprint density at radius 2 is 2.00 bits per heavy atom. The smallest absolute Gasteiger partial charge is 0.339 e. The van der Waals surface area contributed by atoms with Crippen LogP contribution in [-0.4, -0.2) is 10.1 Å². The van der Waals surface area contributed by atoms with Crippen molar-refractivity contribution in [2.75, 3.05) is 0 Å². The average molecular weight is 333 g/mol. The van der Waals surface area contributed by atoms with Crippen molar-refractivity contribution in [3.05, 3.63) is 45.5 Å². The molecule has 2 aromatic rings. The van der Waals surface area contributed by atoms with Crippen molar-refractivity contribution in [2.24, 2.45) is 0 Å². The van der Waals surface area contributed by atoms with E-state index in [2.05, 4.69) is 26.1 Å². The van der Waals surface area contributed by atoms with Crippen LogP contribution in [0.4, 0.5) is 13.2 Å². The number of hydrogen-bond acceptors (Lipinski definition) is 3. The molecule has 0 spiro atoms. The fourth-order valence-electron chi connectivity index (χ4n) is 1.47. The maximum atomic E-state index is 12.9. The van der Waals surface area contributed by atoms with E-state index in [9.17, 15) is 13.2 Å². The molecule has 7 heteroatoms. The minimum atomic E-state index is -4.42. The van der Waals surface area contributed by atoms with Crippen molar-refractivity contribution in [1.82, 2.24) is 10.1 Å². The van der Waals surface area contributed by atoms with Gasteiger partial charge in [0.2, 0.25) is 5.89 Å². The first-order valence-corrected chi connectivity index (χ1v) is 6.01. The number of aromatic nitrogens is 2. The van der Waals surface area contributed by atoms with Gasteiger partial charge in [0, 0.05) is 11.4 Å². The first kappa shape index (κ1) is 13.8. The molecule has 0 atom stereocenters. The zero-order chi connectivity index (χ0) is 14.0. The summed E-state index contributed by atoms with van der Waals surface area (Å²) >= 11 is 3.02. The molecule has 0 aliphatic carbocycles. The SMILES string of the molecule is Cc1nc(C=Cc2ccc(Br)cc2C(F)(F)F)no1. The van der Waals surface area contributed by atoms with Gasteiger partial charge < -0.3 is 4.52 Å². The van der Waals surface area contributed by atoms with Gasteiger partial charge in [-0.3, -0.25) is 0 Å². The normalized spacial score (nSPS) is 12.3. The van der Waals surface area contributed by atoms with E-state index in [4.69, 9.17) is 4.52 Å². The highest BCUT2D eigenvalue weighted by Gasteiger charge is 2.32. The van der Waals surface area contributed by atoms with Gasteiger partial charge in [0.1, 0.15) is 0 Å². The standard InChI is InChI=1S/C12H8BrF3N2O/c1-7-17-11(18-19-7)5-3-8-2-4-9(13)6-10(8)12(14,15)16/h2-6H,1H3. The number of halogens is 4. The summed E-state index contributed by atoms with van der Waals surface area (Å²) in [6, 6.07) is 3.94. The van der Waals surface area contributed by atoms with E-state index in [1.807, 2.05) is 0 Å². The van der Waals surface area contributed by atoms with Gasteiger partial charge in [-0.1, -0.05) is 33.2 Å². The third-order valence-corrected chi connectivity index (χ3v) is 2.77. The Bertz CT molecular complexity index is 620. The predicted octanol–water partition coefficient (Wildman–Crippen LogP) is 4.33. The van der Waals surface area contributed by atoms with E-state index in [-0.39, 0.29) is 11.4 Å². The van der Waals surface area contributed by atoms with Crippen molar-refractivity contribution >= 4 is 28.1 Å². The average Bonchev–Trinajstić information content (AvgIpc) is 2.72. The third-order valence-electron chi connectivity index (χ3n) is 2.28. The molecule has 3 nitrogen and oxygen atoms in total. The second kappa shape index (κ2) is 5.16. The van der Waals surface area contributed by atoms with Crippen LogP contribution in [0.15, 0.2) is 27.2 Å². The quantitative estimate of drug-likeness (QED) is 0.821. The second-order valence-corrected chi connectivity index (χ2v) is 4.65. The summed E-state index contributed by atoms with van der Waals surface area (Å²) in [5.74, 6) is 0.583. The first-order chi connectivity index (χ1) is 8.86. The summed E-state index contributed by atoms with van der Waals surface area (Å²) in [5.41, 5.74) is -0.684. The highest BCUT2D eigenvalue weighted by Crippen LogP contribution is 2.34. The third kappa shape index (κ3) is 3.44. The summed E-state index contributed by atoms with van der Waals surface area (Å²) in [7, 11) is 0. The lowest BCUT2D eigenvalue weighted by molar-refractivity contribution is -0.137. The lowest BCUT2D eigenvalue weighted by Crippen LogP contribution is -2.07.